The van der Waals surface area contributed by atoms with Crippen LogP contribution in [0.5, 0.6) is 0 Å². The lowest BCUT2D eigenvalue weighted by atomic mass is 10.3. The molecule has 0 aliphatic carbocycles. The molecule has 21 heavy (non-hydrogen) atoms. The average Bonchev–Trinajstić information content (AvgIpc) is 2.52. The minimum atomic E-state index is -0.683. The van der Waals surface area contributed by atoms with Crippen molar-refractivity contribution in [2.24, 2.45) is 10.2 Å². The van der Waals surface area contributed by atoms with Crippen LogP contribution in [0.1, 0.15) is 0 Å². The number of non-ortho nitro benzene ring substituents is 1. The first kappa shape index (κ1) is 14.1. The van der Waals surface area contributed by atoms with Crippen molar-refractivity contribution in [3.8, 4) is 0 Å². The van der Waals surface area contributed by atoms with Gasteiger partial charge in [0.05, 0.1) is 16.3 Å². The smallest absolute Gasteiger partial charge is 0.297 e. The van der Waals surface area contributed by atoms with Gasteiger partial charge in [0.1, 0.15) is 0 Å². The summed E-state index contributed by atoms with van der Waals surface area (Å²) in [7, 11) is 0. The molecule has 2 amide bonds. The Morgan fingerprint density at radius 3 is 2.33 bits per heavy atom. The van der Waals surface area contributed by atoms with Crippen molar-refractivity contribution in [1.29, 1.82) is 0 Å². The number of para-hydroxylation sites is 1. The Morgan fingerprint density at radius 1 is 1.05 bits per heavy atom. The molecule has 0 aliphatic rings. The van der Waals surface area contributed by atoms with Crippen LogP contribution in [-0.4, -0.2) is 11.0 Å². The molecule has 0 aromatic heterocycles. The molecule has 0 fully saturated rings. The van der Waals surface area contributed by atoms with Gasteiger partial charge in [0.2, 0.25) is 0 Å². The highest BCUT2D eigenvalue weighted by Crippen LogP contribution is 2.18. The molecule has 2 N–H and O–H groups in total. The highest BCUT2D eigenvalue weighted by atomic mass is 16.6. The molecule has 0 spiro atoms. The molecule has 0 heterocycles. The van der Waals surface area contributed by atoms with Crippen LogP contribution in [0.2, 0.25) is 0 Å². The van der Waals surface area contributed by atoms with Gasteiger partial charge in [-0.05, 0) is 24.3 Å². The highest BCUT2D eigenvalue weighted by Gasteiger charge is 2.03. The van der Waals surface area contributed by atoms with E-state index < -0.39 is 11.0 Å². The van der Waals surface area contributed by atoms with E-state index in [0.717, 1.165) is 0 Å². The molecule has 2 aromatic rings. The SMILES string of the molecule is O=C(N=Nc1ccc([N+](=O)[O-])cc1)NNc1ccccc1. The van der Waals surface area contributed by atoms with Crippen LogP contribution in [0.4, 0.5) is 21.9 Å². The van der Waals surface area contributed by atoms with E-state index in [1.807, 2.05) is 18.2 Å². The summed E-state index contributed by atoms with van der Waals surface area (Å²) in [4.78, 5) is 21.4. The molecule has 8 heteroatoms. The van der Waals surface area contributed by atoms with E-state index in [-0.39, 0.29) is 5.69 Å². The number of hydrogen-bond acceptors (Lipinski definition) is 5. The topological polar surface area (TPSA) is 109 Å². The van der Waals surface area contributed by atoms with Gasteiger partial charge in [-0.1, -0.05) is 23.3 Å². The predicted octanol–water partition coefficient (Wildman–Crippen LogP) is 3.42. The summed E-state index contributed by atoms with van der Waals surface area (Å²) < 4.78 is 0. The summed E-state index contributed by atoms with van der Waals surface area (Å²) in [5, 5.41) is 17.6. The first-order valence-electron chi connectivity index (χ1n) is 5.92. The van der Waals surface area contributed by atoms with Gasteiger partial charge < -0.3 is 0 Å². The van der Waals surface area contributed by atoms with Gasteiger partial charge in [-0.2, -0.15) is 0 Å². The number of urea groups is 1. The van der Waals surface area contributed by atoms with Crippen LogP contribution in [0, 0.1) is 10.1 Å². The van der Waals surface area contributed by atoms with Gasteiger partial charge in [-0.3, -0.25) is 15.5 Å². The maximum Gasteiger partial charge on any atom is 0.378 e. The fourth-order valence-corrected chi connectivity index (χ4v) is 1.42. The normalized spacial score (nSPS) is 10.3. The zero-order valence-electron chi connectivity index (χ0n) is 10.8. The van der Waals surface area contributed by atoms with E-state index in [1.165, 1.54) is 24.3 Å². The highest BCUT2D eigenvalue weighted by molar-refractivity contribution is 5.76. The lowest BCUT2D eigenvalue weighted by Gasteiger charge is -2.04. The maximum atomic E-state index is 11.4. The standard InChI is InChI=1S/C13H11N5O3/c19-13(16-14-10-4-2-1-3-5-10)17-15-11-6-8-12(9-7-11)18(20)21/h1-9,14H,(H,16,19). The van der Waals surface area contributed by atoms with Gasteiger partial charge in [0, 0.05) is 12.1 Å². The van der Waals surface area contributed by atoms with E-state index in [1.54, 1.807) is 12.1 Å². The first-order valence-corrected chi connectivity index (χ1v) is 5.92. The molecule has 0 atom stereocenters. The van der Waals surface area contributed by atoms with Crippen molar-refractivity contribution < 1.29 is 9.72 Å². The number of azo groups is 1. The van der Waals surface area contributed by atoms with Crippen LogP contribution in [-0.2, 0) is 0 Å². The van der Waals surface area contributed by atoms with Gasteiger partial charge in [-0.25, -0.2) is 10.2 Å². The fourth-order valence-electron chi connectivity index (χ4n) is 1.42. The Kier molecular flexibility index (Phi) is 4.54. The third kappa shape index (κ3) is 4.39. The number of nitrogens with one attached hydrogen (secondary N) is 2. The van der Waals surface area contributed by atoms with Crippen LogP contribution in [0.25, 0.3) is 0 Å². The van der Waals surface area contributed by atoms with Crippen LogP contribution in [0.15, 0.2) is 64.8 Å². The lowest BCUT2D eigenvalue weighted by Crippen LogP contribution is -2.25. The number of amides is 2. The van der Waals surface area contributed by atoms with Gasteiger partial charge in [0.25, 0.3) is 5.69 Å². The number of nitrogens with zero attached hydrogens (tertiary/aromatic N) is 3. The number of nitro benzene ring substituents is 1. The number of benzene rings is 2. The summed E-state index contributed by atoms with van der Waals surface area (Å²) in [5.41, 5.74) is 6.00. The van der Waals surface area contributed by atoms with E-state index in [9.17, 15) is 14.9 Å². The summed E-state index contributed by atoms with van der Waals surface area (Å²) in [6, 6.07) is 13.7. The van der Waals surface area contributed by atoms with Crippen LogP contribution in [0.3, 0.4) is 0 Å². The summed E-state index contributed by atoms with van der Waals surface area (Å²) in [5.74, 6) is 0. The largest absolute Gasteiger partial charge is 0.378 e. The van der Waals surface area contributed by atoms with Gasteiger partial charge in [0.15, 0.2) is 0 Å². The predicted molar refractivity (Wildman–Crippen MR) is 76.2 cm³/mol. The molecule has 0 bridgehead atoms. The van der Waals surface area contributed by atoms with Crippen molar-refractivity contribution in [3.05, 3.63) is 64.7 Å². The van der Waals surface area contributed by atoms with Gasteiger partial charge in [-0.15, -0.1) is 5.11 Å². The molecule has 0 aliphatic heterocycles. The summed E-state index contributed by atoms with van der Waals surface area (Å²) in [6.45, 7) is 0. The van der Waals surface area contributed by atoms with Crippen molar-refractivity contribution in [3.63, 3.8) is 0 Å². The van der Waals surface area contributed by atoms with Crippen molar-refractivity contribution >= 4 is 23.1 Å². The van der Waals surface area contributed by atoms with E-state index in [4.69, 9.17) is 0 Å². The second kappa shape index (κ2) is 6.75. The number of anilines is 1. The number of carbonyl (C=O) groups is 1. The molecule has 106 valence electrons. The molecule has 0 saturated heterocycles. The Bertz CT molecular complexity index is 655. The third-order valence-corrected chi connectivity index (χ3v) is 2.40. The molecular formula is C13H11N5O3. The zero-order chi connectivity index (χ0) is 15.1. The Hall–Kier alpha value is -3.29. The van der Waals surface area contributed by atoms with Crippen molar-refractivity contribution in [1.82, 2.24) is 5.43 Å². The average molecular weight is 285 g/mol. The fraction of sp³-hybridized carbons (Fsp3) is 0. The minimum Gasteiger partial charge on any atom is -0.297 e. The molecule has 2 rings (SSSR count). The molecule has 0 radical (unpaired) electrons. The monoisotopic (exact) mass is 285 g/mol. The molecule has 0 unspecified atom stereocenters. The number of hydrogen-bond donors (Lipinski definition) is 2. The lowest BCUT2D eigenvalue weighted by molar-refractivity contribution is -0.384. The quantitative estimate of drug-likeness (QED) is 0.509. The maximum absolute atomic E-state index is 11.4. The summed E-state index contributed by atoms with van der Waals surface area (Å²) in [6.07, 6.45) is 0. The minimum absolute atomic E-state index is 0.0517. The molecule has 2 aromatic carbocycles. The number of nitro groups is 1. The van der Waals surface area contributed by atoms with Crippen molar-refractivity contribution in [2.45, 2.75) is 0 Å². The Labute approximate surface area is 119 Å². The second-order valence-electron chi connectivity index (χ2n) is 3.89. The van der Waals surface area contributed by atoms with E-state index >= 15 is 0 Å². The molecule has 8 nitrogen and oxygen atoms in total. The molecule has 0 saturated carbocycles. The number of carbonyl (C=O) groups excluding carboxylic acids is 1. The second-order valence-corrected chi connectivity index (χ2v) is 3.89. The van der Waals surface area contributed by atoms with Crippen molar-refractivity contribution in [2.75, 3.05) is 5.43 Å². The van der Waals surface area contributed by atoms with Gasteiger partial charge >= 0.3 is 6.03 Å². The van der Waals surface area contributed by atoms with Crippen LogP contribution >= 0.6 is 0 Å². The van der Waals surface area contributed by atoms with Crippen LogP contribution < -0.4 is 10.9 Å². The zero-order valence-corrected chi connectivity index (χ0v) is 10.8. The van der Waals surface area contributed by atoms with E-state index in [2.05, 4.69) is 21.1 Å². The Morgan fingerprint density at radius 2 is 1.71 bits per heavy atom. The molecular weight excluding hydrogens is 274 g/mol. The number of rotatable bonds is 4. The summed E-state index contributed by atoms with van der Waals surface area (Å²) >= 11 is 0. The van der Waals surface area contributed by atoms with E-state index in [0.29, 0.717) is 11.4 Å². The number of hydrazine groups is 1. The Balaban J connectivity index is 1.88. The third-order valence-electron chi connectivity index (χ3n) is 2.40. The first-order chi connectivity index (χ1) is 10.1.